The standard InChI is InChI=1S/C28H32N2O4/c1-28(2,3)24-18-30(25(31)21-9-5-4-6-10-21)27(34)29(24)17-19-13-15-20(16-14-19)22-11-7-8-12-23(22)26(32)33/h7-8,11-16,18,21H,4-6,9-10,17H2,1-3H3,(H,32,33). The van der Waals surface area contributed by atoms with Gasteiger partial charge in [-0.25, -0.2) is 14.2 Å². The molecule has 1 aromatic heterocycles. The number of imidazole rings is 1. The van der Waals surface area contributed by atoms with E-state index in [0.29, 0.717) is 12.1 Å². The highest BCUT2D eigenvalue weighted by molar-refractivity contribution is 5.96. The van der Waals surface area contributed by atoms with E-state index in [1.807, 2.05) is 51.1 Å². The molecule has 34 heavy (non-hydrogen) atoms. The van der Waals surface area contributed by atoms with Crippen LogP contribution in [0, 0.1) is 5.92 Å². The maximum Gasteiger partial charge on any atom is 0.336 e. The molecular weight excluding hydrogens is 428 g/mol. The molecule has 0 bridgehead atoms. The zero-order chi connectivity index (χ0) is 24.5. The van der Waals surface area contributed by atoms with Crippen molar-refractivity contribution < 1.29 is 14.7 Å². The predicted molar refractivity (Wildman–Crippen MR) is 133 cm³/mol. The molecule has 1 aliphatic carbocycles. The number of aromatic nitrogens is 2. The summed E-state index contributed by atoms with van der Waals surface area (Å²) in [5, 5.41) is 9.49. The first-order valence-corrected chi connectivity index (χ1v) is 12.0. The second-order valence-corrected chi connectivity index (χ2v) is 10.2. The minimum atomic E-state index is -0.968. The lowest BCUT2D eigenvalue weighted by Gasteiger charge is -2.20. The fourth-order valence-corrected chi connectivity index (χ4v) is 4.83. The summed E-state index contributed by atoms with van der Waals surface area (Å²) >= 11 is 0. The third kappa shape index (κ3) is 4.76. The number of carbonyl (C=O) groups is 2. The summed E-state index contributed by atoms with van der Waals surface area (Å²) in [4.78, 5) is 38.1. The molecule has 0 radical (unpaired) electrons. The molecule has 1 N–H and O–H groups in total. The van der Waals surface area contributed by atoms with E-state index in [9.17, 15) is 19.5 Å². The summed E-state index contributed by atoms with van der Waals surface area (Å²) < 4.78 is 3.02. The number of aromatic carboxylic acids is 1. The summed E-state index contributed by atoms with van der Waals surface area (Å²) in [6, 6.07) is 14.5. The van der Waals surface area contributed by atoms with Gasteiger partial charge in [0.15, 0.2) is 0 Å². The first-order chi connectivity index (χ1) is 16.2. The zero-order valence-corrected chi connectivity index (χ0v) is 20.1. The number of benzene rings is 2. The number of carboxylic acids is 1. The zero-order valence-electron chi connectivity index (χ0n) is 20.1. The van der Waals surface area contributed by atoms with Crippen molar-refractivity contribution in [3.8, 4) is 11.1 Å². The highest BCUT2D eigenvalue weighted by Crippen LogP contribution is 2.28. The van der Waals surface area contributed by atoms with Gasteiger partial charge in [-0.2, -0.15) is 0 Å². The van der Waals surface area contributed by atoms with E-state index < -0.39 is 5.97 Å². The lowest BCUT2D eigenvalue weighted by atomic mass is 9.88. The molecule has 0 saturated heterocycles. The van der Waals surface area contributed by atoms with Gasteiger partial charge in [0.2, 0.25) is 5.91 Å². The average Bonchev–Trinajstić information content (AvgIpc) is 3.16. The van der Waals surface area contributed by atoms with Crippen molar-refractivity contribution in [3.63, 3.8) is 0 Å². The minimum absolute atomic E-state index is 0.0799. The third-order valence-electron chi connectivity index (χ3n) is 6.70. The van der Waals surface area contributed by atoms with E-state index in [-0.39, 0.29) is 28.5 Å². The quantitative estimate of drug-likeness (QED) is 0.539. The van der Waals surface area contributed by atoms with Crippen LogP contribution in [0.4, 0.5) is 0 Å². The Morgan fingerprint density at radius 3 is 2.24 bits per heavy atom. The topological polar surface area (TPSA) is 81.3 Å². The van der Waals surface area contributed by atoms with Gasteiger partial charge in [0.25, 0.3) is 0 Å². The molecule has 0 atom stereocenters. The van der Waals surface area contributed by atoms with E-state index in [2.05, 4.69) is 0 Å². The van der Waals surface area contributed by atoms with Gasteiger partial charge in [0, 0.05) is 23.2 Å². The van der Waals surface area contributed by atoms with Crippen molar-refractivity contribution in [3.05, 3.63) is 82.0 Å². The number of hydrogen-bond acceptors (Lipinski definition) is 3. The van der Waals surface area contributed by atoms with Crippen molar-refractivity contribution >= 4 is 11.9 Å². The van der Waals surface area contributed by atoms with Crippen LogP contribution in [-0.2, 0) is 12.0 Å². The predicted octanol–water partition coefficient (Wildman–Crippen LogP) is 5.58. The van der Waals surface area contributed by atoms with Gasteiger partial charge in [0.05, 0.1) is 12.1 Å². The summed E-state index contributed by atoms with van der Waals surface area (Å²) in [5.41, 5.74) is 2.83. The molecule has 3 aromatic rings. The smallest absolute Gasteiger partial charge is 0.336 e. The second-order valence-electron chi connectivity index (χ2n) is 10.2. The van der Waals surface area contributed by atoms with Crippen LogP contribution in [-0.4, -0.2) is 26.1 Å². The number of nitrogens with zero attached hydrogens (tertiary/aromatic N) is 2. The second kappa shape index (κ2) is 9.45. The molecule has 6 heteroatoms. The fraction of sp³-hybridized carbons (Fsp3) is 0.393. The Balaban J connectivity index is 1.66. The Morgan fingerprint density at radius 1 is 0.971 bits per heavy atom. The van der Waals surface area contributed by atoms with Gasteiger partial charge in [-0.05, 0) is 35.6 Å². The van der Waals surface area contributed by atoms with Crippen LogP contribution in [0.15, 0.2) is 59.5 Å². The summed E-state index contributed by atoms with van der Waals surface area (Å²) in [6.07, 6.45) is 6.66. The highest BCUT2D eigenvalue weighted by atomic mass is 16.4. The maximum absolute atomic E-state index is 13.4. The number of carbonyl (C=O) groups excluding carboxylic acids is 1. The van der Waals surface area contributed by atoms with Crippen LogP contribution in [0.25, 0.3) is 11.1 Å². The molecule has 0 spiro atoms. The molecule has 0 amide bonds. The first-order valence-electron chi connectivity index (χ1n) is 12.0. The van der Waals surface area contributed by atoms with E-state index in [1.54, 1.807) is 29.0 Å². The summed E-state index contributed by atoms with van der Waals surface area (Å²) in [6.45, 7) is 6.47. The molecule has 2 aromatic carbocycles. The molecule has 1 fully saturated rings. The van der Waals surface area contributed by atoms with Crippen molar-refractivity contribution in [2.75, 3.05) is 0 Å². The molecule has 1 aliphatic rings. The Bertz CT molecular complexity index is 1250. The molecule has 0 unspecified atom stereocenters. The molecule has 1 heterocycles. The lowest BCUT2D eigenvalue weighted by Crippen LogP contribution is -2.34. The number of hydrogen-bond donors (Lipinski definition) is 1. The largest absolute Gasteiger partial charge is 0.478 e. The van der Waals surface area contributed by atoms with E-state index in [0.717, 1.165) is 48.9 Å². The Labute approximate surface area is 199 Å². The monoisotopic (exact) mass is 460 g/mol. The first kappa shape index (κ1) is 23.7. The third-order valence-corrected chi connectivity index (χ3v) is 6.70. The Hall–Kier alpha value is -3.41. The average molecular weight is 461 g/mol. The van der Waals surface area contributed by atoms with Crippen LogP contribution < -0.4 is 5.69 Å². The molecular formula is C28H32N2O4. The molecule has 1 saturated carbocycles. The van der Waals surface area contributed by atoms with Crippen LogP contribution in [0.5, 0.6) is 0 Å². The molecule has 0 aliphatic heterocycles. The van der Waals surface area contributed by atoms with Crippen molar-refractivity contribution in [1.82, 2.24) is 9.13 Å². The van der Waals surface area contributed by atoms with Crippen LogP contribution >= 0.6 is 0 Å². The SMILES string of the molecule is CC(C)(C)c1cn(C(=O)C2CCCCC2)c(=O)n1Cc1ccc(-c2ccccc2C(=O)O)cc1. The van der Waals surface area contributed by atoms with E-state index >= 15 is 0 Å². The number of carboxylic acid groups (broad SMARTS) is 1. The lowest BCUT2D eigenvalue weighted by molar-refractivity contribution is 0.0697. The van der Waals surface area contributed by atoms with Gasteiger partial charge in [-0.3, -0.25) is 9.36 Å². The van der Waals surface area contributed by atoms with Crippen LogP contribution in [0.3, 0.4) is 0 Å². The van der Waals surface area contributed by atoms with Crippen molar-refractivity contribution in [2.24, 2.45) is 5.92 Å². The van der Waals surface area contributed by atoms with Gasteiger partial charge >= 0.3 is 11.7 Å². The molecule has 6 nitrogen and oxygen atoms in total. The Morgan fingerprint density at radius 2 is 1.62 bits per heavy atom. The highest BCUT2D eigenvalue weighted by Gasteiger charge is 2.29. The van der Waals surface area contributed by atoms with Crippen LogP contribution in [0.1, 0.15) is 79.3 Å². The van der Waals surface area contributed by atoms with Gasteiger partial charge in [-0.15, -0.1) is 0 Å². The Kier molecular flexibility index (Phi) is 6.60. The fourth-order valence-electron chi connectivity index (χ4n) is 4.83. The molecule has 4 rings (SSSR count). The van der Waals surface area contributed by atoms with E-state index in [1.165, 1.54) is 4.57 Å². The van der Waals surface area contributed by atoms with E-state index in [4.69, 9.17) is 0 Å². The van der Waals surface area contributed by atoms with Crippen molar-refractivity contribution in [2.45, 2.75) is 64.8 Å². The van der Waals surface area contributed by atoms with Gasteiger partial charge < -0.3 is 5.11 Å². The van der Waals surface area contributed by atoms with Crippen molar-refractivity contribution in [1.29, 1.82) is 0 Å². The maximum atomic E-state index is 13.4. The molecule has 178 valence electrons. The van der Waals surface area contributed by atoms with Crippen LogP contribution in [0.2, 0.25) is 0 Å². The summed E-state index contributed by atoms with van der Waals surface area (Å²) in [5.74, 6) is -1.14. The normalized spacial score (nSPS) is 14.8. The van der Waals surface area contributed by atoms with Gasteiger partial charge in [-0.1, -0.05) is 82.5 Å². The van der Waals surface area contributed by atoms with Gasteiger partial charge in [0.1, 0.15) is 0 Å². The number of rotatable bonds is 5. The minimum Gasteiger partial charge on any atom is -0.478 e. The summed E-state index contributed by atoms with van der Waals surface area (Å²) in [7, 11) is 0.